The van der Waals surface area contributed by atoms with Crippen molar-refractivity contribution in [2.24, 2.45) is 56.7 Å². The van der Waals surface area contributed by atoms with Crippen molar-refractivity contribution in [3.8, 4) is 0 Å². The third-order valence-corrected chi connectivity index (χ3v) is 15.1. The number of fused-ring (bicyclic) bond motifs is 7. The van der Waals surface area contributed by atoms with Crippen LogP contribution in [0.5, 0.6) is 0 Å². The molecule has 0 aromatic heterocycles. The smallest absolute Gasteiger partial charge is 0.310 e. The number of esters is 1. The molecule has 0 spiro atoms. The van der Waals surface area contributed by atoms with Gasteiger partial charge in [0.2, 0.25) is 0 Å². The van der Waals surface area contributed by atoms with Crippen molar-refractivity contribution in [1.82, 2.24) is 0 Å². The molecule has 0 aromatic carbocycles. The SMILES string of the molecule is CCCCCCCC(=O)O[C@H]1CC[C@]2(C)[C@H]3CC=C4[C@@H]5[C@@H](C)[C@H](C)CC[C@]5(C(=O)O)CC[C@@]4(C)[C@]3(C)CC[C@H]2C1(C)C. The predicted octanol–water partition coefficient (Wildman–Crippen LogP) is 10.0. The van der Waals surface area contributed by atoms with Gasteiger partial charge in [-0.2, -0.15) is 0 Å². The van der Waals surface area contributed by atoms with E-state index in [0.717, 1.165) is 57.8 Å². The fraction of sp³-hybridized carbons (Fsp3) is 0.895. The van der Waals surface area contributed by atoms with Gasteiger partial charge in [0.25, 0.3) is 0 Å². The molecule has 1 N–H and O–H groups in total. The van der Waals surface area contributed by atoms with E-state index in [1.54, 1.807) is 0 Å². The first-order valence-corrected chi connectivity index (χ1v) is 17.8. The molecule has 4 saturated carbocycles. The first-order valence-electron chi connectivity index (χ1n) is 17.8. The Hall–Kier alpha value is -1.32. The van der Waals surface area contributed by atoms with Crippen molar-refractivity contribution in [3.63, 3.8) is 0 Å². The molecule has 4 fully saturated rings. The van der Waals surface area contributed by atoms with Gasteiger partial charge in [0.1, 0.15) is 6.10 Å². The molecule has 238 valence electrons. The molecular formula is C38H62O4. The van der Waals surface area contributed by atoms with Crippen LogP contribution in [-0.2, 0) is 14.3 Å². The lowest BCUT2D eigenvalue weighted by molar-refractivity contribution is -0.214. The second-order valence-electron chi connectivity index (χ2n) is 17.1. The number of carboxylic acids is 1. The Bertz CT molecular complexity index is 1070. The highest BCUT2D eigenvalue weighted by molar-refractivity contribution is 5.76. The van der Waals surface area contributed by atoms with Crippen LogP contribution in [0.3, 0.4) is 0 Å². The largest absolute Gasteiger partial charge is 0.481 e. The topological polar surface area (TPSA) is 63.6 Å². The maximum atomic E-state index is 13.0. The summed E-state index contributed by atoms with van der Waals surface area (Å²) >= 11 is 0. The number of hydrogen-bond donors (Lipinski definition) is 1. The molecule has 0 radical (unpaired) electrons. The van der Waals surface area contributed by atoms with Crippen molar-refractivity contribution in [1.29, 1.82) is 0 Å². The van der Waals surface area contributed by atoms with E-state index in [9.17, 15) is 14.7 Å². The van der Waals surface area contributed by atoms with Crippen LogP contribution in [0.4, 0.5) is 0 Å². The minimum atomic E-state index is -0.582. The number of carbonyl (C=O) groups is 2. The number of hydrogen-bond acceptors (Lipinski definition) is 3. The molecule has 0 bridgehead atoms. The quantitative estimate of drug-likeness (QED) is 0.176. The van der Waals surface area contributed by atoms with Crippen molar-refractivity contribution >= 4 is 11.9 Å². The fourth-order valence-electron chi connectivity index (χ4n) is 12.1. The molecule has 4 nitrogen and oxygen atoms in total. The maximum Gasteiger partial charge on any atom is 0.310 e. The van der Waals surface area contributed by atoms with Gasteiger partial charge in [-0.05, 0) is 110 Å². The Kier molecular flexibility index (Phi) is 8.59. The highest BCUT2D eigenvalue weighted by atomic mass is 16.5. The van der Waals surface area contributed by atoms with Gasteiger partial charge in [-0.3, -0.25) is 9.59 Å². The van der Waals surface area contributed by atoms with Gasteiger partial charge in [-0.15, -0.1) is 0 Å². The molecule has 0 amide bonds. The number of unbranched alkanes of at least 4 members (excludes halogenated alkanes) is 4. The van der Waals surface area contributed by atoms with Crippen LogP contribution in [0.25, 0.3) is 0 Å². The lowest BCUT2D eigenvalue weighted by Gasteiger charge is -2.71. The van der Waals surface area contributed by atoms with Gasteiger partial charge in [0.15, 0.2) is 0 Å². The monoisotopic (exact) mass is 582 g/mol. The predicted molar refractivity (Wildman–Crippen MR) is 170 cm³/mol. The zero-order valence-electron chi connectivity index (χ0n) is 28.3. The Labute approximate surface area is 257 Å². The summed E-state index contributed by atoms with van der Waals surface area (Å²) in [5.74, 6) is 1.69. The molecular weight excluding hydrogens is 520 g/mol. The normalized spacial score (nSPS) is 45.9. The van der Waals surface area contributed by atoms with Crippen LogP contribution in [0.15, 0.2) is 11.6 Å². The molecule has 4 heteroatoms. The number of allylic oxidation sites excluding steroid dienone is 2. The number of carbonyl (C=O) groups excluding carboxylic acids is 1. The van der Waals surface area contributed by atoms with Crippen molar-refractivity contribution in [2.75, 3.05) is 0 Å². The van der Waals surface area contributed by atoms with Crippen LogP contribution < -0.4 is 0 Å². The van der Waals surface area contributed by atoms with E-state index >= 15 is 0 Å². The highest BCUT2D eigenvalue weighted by Gasteiger charge is 2.69. The number of ether oxygens (including phenoxy) is 1. The molecule has 0 saturated heterocycles. The standard InChI is InChI=1S/C38H62O4/c1-9-10-11-12-13-14-31(39)42-30-19-20-35(6)28(34(30,4)5)18-21-37(8)29(35)16-15-27-32-26(3)25(2)17-22-38(32,33(40)41)24-23-36(27,37)7/h15,25-26,28-30,32H,9-14,16-24H2,1-8H3,(H,40,41)/t25-,26+,28+,29-,30+,32+,35+,36-,37-,38+/m1/s1. The molecule has 5 aliphatic carbocycles. The Morgan fingerprint density at radius 3 is 2.29 bits per heavy atom. The van der Waals surface area contributed by atoms with E-state index < -0.39 is 11.4 Å². The average molecular weight is 583 g/mol. The third kappa shape index (κ3) is 4.65. The zero-order valence-corrected chi connectivity index (χ0v) is 28.3. The van der Waals surface area contributed by atoms with Gasteiger partial charge in [0.05, 0.1) is 5.41 Å². The minimum absolute atomic E-state index is 0.00351. The van der Waals surface area contributed by atoms with Crippen molar-refractivity contribution in [3.05, 3.63) is 11.6 Å². The summed E-state index contributed by atoms with van der Waals surface area (Å²) in [6.45, 7) is 19.4. The van der Waals surface area contributed by atoms with E-state index in [-0.39, 0.29) is 39.7 Å². The summed E-state index contributed by atoms with van der Waals surface area (Å²) in [7, 11) is 0. The van der Waals surface area contributed by atoms with Gasteiger partial charge < -0.3 is 9.84 Å². The molecule has 0 unspecified atom stereocenters. The minimum Gasteiger partial charge on any atom is -0.481 e. The molecule has 10 atom stereocenters. The molecule has 42 heavy (non-hydrogen) atoms. The Morgan fingerprint density at radius 1 is 0.881 bits per heavy atom. The van der Waals surface area contributed by atoms with Crippen LogP contribution in [0, 0.1) is 56.7 Å². The molecule has 0 aromatic rings. The van der Waals surface area contributed by atoms with E-state index in [1.165, 1.54) is 37.7 Å². The fourth-order valence-corrected chi connectivity index (χ4v) is 12.1. The summed E-state index contributed by atoms with van der Waals surface area (Å²) in [6.07, 6.45) is 18.1. The molecule has 0 heterocycles. The third-order valence-electron chi connectivity index (χ3n) is 15.1. The van der Waals surface area contributed by atoms with Crippen molar-refractivity contribution in [2.45, 2.75) is 158 Å². The van der Waals surface area contributed by atoms with Gasteiger partial charge in [0, 0.05) is 11.8 Å². The summed E-state index contributed by atoms with van der Waals surface area (Å²) in [4.78, 5) is 25.9. The van der Waals surface area contributed by atoms with Crippen LogP contribution in [0.2, 0.25) is 0 Å². The Balaban J connectivity index is 1.39. The van der Waals surface area contributed by atoms with E-state index in [4.69, 9.17) is 4.74 Å². The first kappa shape index (κ1) is 32.1. The number of aliphatic carboxylic acids is 1. The van der Waals surface area contributed by atoms with Crippen LogP contribution in [0.1, 0.15) is 152 Å². The lowest BCUT2D eigenvalue weighted by Crippen LogP contribution is -2.65. The Morgan fingerprint density at radius 2 is 1.60 bits per heavy atom. The number of rotatable bonds is 8. The van der Waals surface area contributed by atoms with E-state index in [0.29, 0.717) is 30.1 Å². The molecule has 5 rings (SSSR count). The van der Waals surface area contributed by atoms with Gasteiger partial charge >= 0.3 is 11.9 Å². The van der Waals surface area contributed by atoms with Crippen molar-refractivity contribution < 1.29 is 19.4 Å². The second-order valence-corrected chi connectivity index (χ2v) is 17.1. The summed E-state index contributed by atoms with van der Waals surface area (Å²) in [6, 6.07) is 0. The van der Waals surface area contributed by atoms with E-state index in [2.05, 4.69) is 61.5 Å². The molecule has 0 aliphatic heterocycles. The summed E-state index contributed by atoms with van der Waals surface area (Å²) in [5.41, 5.74) is 1.28. The van der Waals surface area contributed by atoms with Crippen LogP contribution in [-0.4, -0.2) is 23.1 Å². The lowest BCUT2D eigenvalue weighted by atomic mass is 9.33. The second kappa shape index (κ2) is 11.2. The van der Waals surface area contributed by atoms with E-state index in [1.807, 2.05) is 0 Å². The average Bonchev–Trinajstić information content (AvgIpc) is 2.92. The highest BCUT2D eigenvalue weighted by Crippen LogP contribution is 2.75. The van der Waals surface area contributed by atoms with Crippen LogP contribution >= 0.6 is 0 Å². The number of carboxylic acid groups (broad SMARTS) is 1. The first-order chi connectivity index (χ1) is 19.7. The van der Waals surface area contributed by atoms with Gasteiger partial charge in [-0.25, -0.2) is 0 Å². The molecule has 5 aliphatic rings. The zero-order chi connectivity index (χ0) is 30.7. The van der Waals surface area contributed by atoms with Gasteiger partial charge in [-0.1, -0.05) is 92.7 Å². The summed E-state index contributed by atoms with van der Waals surface area (Å²) < 4.78 is 6.28. The summed E-state index contributed by atoms with van der Waals surface area (Å²) in [5, 5.41) is 10.7. The maximum absolute atomic E-state index is 13.0.